The molecule has 12 heteroatoms. The standard InChI is InChI=1S/C21H13ClF3N7O/c1-9(30-19-17-18(27-7-26-17)28-8-29-19)20-31-14-5-4-12(24)16(22)15(14)21(33)32(20)10-2-3-11(23)13(25)6-10/h2-9H,1H3,(H2,26,27,28,29,30)/t9-/m1/s1. The van der Waals surface area contributed by atoms with Crippen molar-refractivity contribution in [2.45, 2.75) is 13.0 Å². The fourth-order valence-electron chi connectivity index (χ4n) is 3.53. The number of H-pyrrole nitrogens is 1. The van der Waals surface area contributed by atoms with Crippen molar-refractivity contribution in [1.82, 2.24) is 29.5 Å². The molecule has 0 aliphatic carbocycles. The Morgan fingerprint density at radius 2 is 1.85 bits per heavy atom. The van der Waals surface area contributed by atoms with Crippen molar-refractivity contribution >= 4 is 39.5 Å². The Labute approximate surface area is 188 Å². The summed E-state index contributed by atoms with van der Waals surface area (Å²) in [6.07, 6.45) is 2.78. The first-order valence-electron chi connectivity index (χ1n) is 9.62. The van der Waals surface area contributed by atoms with Crippen molar-refractivity contribution in [1.29, 1.82) is 0 Å². The maximum Gasteiger partial charge on any atom is 0.267 e. The second-order valence-corrected chi connectivity index (χ2v) is 7.53. The minimum atomic E-state index is -1.16. The lowest BCUT2D eigenvalue weighted by Gasteiger charge is -2.20. The number of aromatic amines is 1. The third-order valence-corrected chi connectivity index (χ3v) is 5.44. The van der Waals surface area contributed by atoms with E-state index in [-0.39, 0.29) is 22.4 Å². The highest BCUT2D eigenvalue weighted by Gasteiger charge is 2.22. The SMILES string of the molecule is C[C@@H](Nc1ncnc2[nH]cnc12)c1nc2ccc(F)c(Cl)c2c(=O)n1-c1ccc(F)c(F)c1. The van der Waals surface area contributed by atoms with Crippen LogP contribution in [0.25, 0.3) is 27.8 Å². The number of aromatic nitrogens is 6. The quantitative estimate of drug-likeness (QED) is 0.405. The van der Waals surface area contributed by atoms with Crippen molar-refractivity contribution in [3.63, 3.8) is 0 Å². The maximum atomic E-state index is 14.1. The summed E-state index contributed by atoms with van der Waals surface area (Å²) >= 11 is 6.06. The van der Waals surface area contributed by atoms with Crippen molar-refractivity contribution in [3.05, 3.63) is 81.6 Å². The van der Waals surface area contributed by atoms with Gasteiger partial charge in [-0.05, 0) is 31.2 Å². The maximum absolute atomic E-state index is 14.1. The first-order valence-corrected chi connectivity index (χ1v) is 9.99. The molecule has 0 aliphatic heterocycles. The van der Waals surface area contributed by atoms with E-state index in [0.717, 1.165) is 22.8 Å². The summed E-state index contributed by atoms with van der Waals surface area (Å²) in [5.74, 6) is -2.56. The van der Waals surface area contributed by atoms with Crippen LogP contribution in [0.4, 0.5) is 19.0 Å². The summed E-state index contributed by atoms with van der Waals surface area (Å²) in [6, 6.07) is 4.68. The Morgan fingerprint density at radius 3 is 2.64 bits per heavy atom. The van der Waals surface area contributed by atoms with Gasteiger partial charge < -0.3 is 10.3 Å². The zero-order valence-corrected chi connectivity index (χ0v) is 17.5. The highest BCUT2D eigenvalue weighted by atomic mass is 35.5. The molecule has 1 atom stereocenters. The molecule has 5 rings (SSSR count). The lowest BCUT2D eigenvalue weighted by atomic mass is 10.2. The largest absolute Gasteiger partial charge is 0.358 e. The van der Waals surface area contributed by atoms with E-state index in [1.807, 2.05) is 0 Å². The summed E-state index contributed by atoms with van der Waals surface area (Å²) in [4.78, 5) is 33.2. The second-order valence-electron chi connectivity index (χ2n) is 7.15. The van der Waals surface area contributed by atoms with E-state index < -0.39 is 34.1 Å². The molecule has 2 N–H and O–H groups in total. The van der Waals surface area contributed by atoms with Crippen LogP contribution in [0.15, 0.2) is 47.8 Å². The molecule has 0 amide bonds. The average molecular weight is 472 g/mol. The van der Waals surface area contributed by atoms with Gasteiger partial charge in [-0.15, -0.1) is 0 Å². The first kappa shape index (κ1) is 20.9. The third kappa shape index (κ3) is 3.46. The van der Waals surface area contributed by atoms with Gasteiger partial charge in [-0.25, -0.2) is 33.1 Å². The van der Waals surface area contributed by atoms with E-state index in [0.29, 0.717) is 17.0 Å². The summed E-state index contributed by atoms with van der Waals surface area (Å²) in [7, 11) is 0. The van der Waals surface area contributed by atoms with E-state index in [1.165, 1.54) is 24.8 Å². The van der Waals surface area contributed by atoms with E-state index in [4.69, 9.17) is 11.6 Å². The topological polar surface area (TPSA) is 101 Å². The molecule has 166 valence electrons. The average Bonchev–Trinajstić information content (AvgIpc) is 3.28. The molecule has 33 heavy (non-hydrogen) atoms. The Kier molecular flexibility index (Phi) is 4.97. The first-order chi connectivity index (χ1) is 15.8. The highest BCUT2D eigenvalue weighted by Crippen LogP contribution is 2.27. The van der Waals surface area contributed by atoms with Gasteiger partial charge in [0.1, 0.15) is 23.5 Å². The summed E-state index contributed by atoms with van der Waals surface area (Å²) in [6.45, 7) is 1.69. The third-order valence-electron chi connectivity index (χ3n) is 5.07. The zero-order valence-electron chi connectivity index (χ0n) is 16.8. The van der Waals surface area contributed by atoms with Crippen molar-refractivity contribution in [2.24, 2.45) is 0 Å². The predicted octanol–water partition coefficient (Wildman–Crippen LogP) is 4.30. The number of benzene rings is 2. The Bertz CT molecular complexity index is 1600. The lowest BCUT2D eigenvalue weighted by Crippen LogP contribution is -2.28. The number of nitrogens with one attached hydrogen (secondary N) is 2. The molecule has 0 fully saturated rings. The van der Waals surface area contributed by atoms with E-state index >= 15 is 0 Å². The number of halogens is 4. The van der Waals surface area contributed by atoms with Crippen LogP contribution in [-0.4, -0.2) is 29.5 Å². The van der Waals surface area contributed by atoms with Crippen LogP contribution in [0.5, 0.6) is 0 Å². The van der Waals surface area contributed by atoms with Crippen molar-refractivity contribution in [2.75, 3.05) is 5.32 Å². The summed E-state index contributed by atoms with van der Waals surface area (Å²) in [5, 5.41) is 2.51. The van der Waals surface area contributed by atoms with Gasteiger partial charge >= 0.3 is 0 Å². The number of hydrogen-bond donors (Lipinski definition) is 2. The molecule has 0 unspecified atom stereocenters. The van der Waals surface area contributed by atoms with E-state index in [1.54, 1.807) is 6.92 Å². The highest BCUT2D eigenvalue weighted by molar-refractivity contribution is 6.35. The number of fused-ring (bicyclic) bond motifs is 2. The van der Waals surface area contributed by atoms with Gasteiger partial charge in [-0.2, -0.15) is 0 Å². The van der Waals surface area contributed by atoms with E-state index in [9.17, 15) is 18.0 Å². The van der Waals surface area contributed by atoms with Crippen LogP contribution in [0, 0.1) is 17.5 Å². The molecule has 0 bridgehead atoms. The van der Waals surface area contributed by atoms with Gasteiger partial charge in [-0.3, -0.25) is 9.36 Å². The van der Waals surface area contributed by atoms with Crippen LogP contribution >= 0.6 is 11.6 Å². The molecule has 3 heterocycles. The Balaban J connectivity index is 1.74. The smallest absolute Gasteiger partial charge is 0.267 e. The number of nitrogens with zero attached hydrogens (tertiary/aromatic N) is 5. The molecular weight excluding hydrogens is 459 g/mol. The molecule has 0 saturated carbocycles. The minimum Gasteiger partial charge on any atom is -0.358 e. The molecular formula is C21H13ClF3N7O. The van der Waals surface area contributed by atoms with Gasteiger partial charge in [0.05, 0.1) is 34.0 Å². The van der Waals surface area contributed by atoms with Crippen LogP contribution in [0.2, 0.25) is 5.02 Å². The molecule has 0 saturated heterocycles. The lowest BCUT2D eigenvalue weighted by molar-refractivity contribution is 0.507. The monoisotopic (exact) mass is 471 g/mol. The predicted molar refractivity (Wildman–Crippen MR) is 116 cm³/mol. The van der Waals surface area contributed by atoms with Crippen LogP contribution < -0.4 is 10.9 Å². The second kappa shape index (κ2) is 7.85. The van der Waals surface area contributed by atoms with Gasteiger partial charge in [0, 0.05) is 6.07 Å². The molecule has 0 spiro atoms. The molecule has 0 radical (unpaired) electrons. The molecule has 3 aromatic heterocycles. The van der Waals surface area contributed by atoms with E-state index in [2.05, 4.69) is 30.2 Å². The van der Waals surface area contributed by atoms with Crippen LogP contribution in [-0.2, 0) is 0 Å². The van der Waals surface area contributed by atoms with Gasteiger partial charge in [0.25, 0.3) is 5.56 Å². The Hall–Kier alpha value is -3.99. The minimum absolute atomic E-state index is 0.00937. The number of imidazole rings is 1. The molecule has 2 aromatic carbocycles. The fraction of sp³-hybridized carbons (Fsp3) is 0.0952. The molecule has 5 aromatic rings. The molecule has 0 aliphatic rings. The van der Waals surface area contributed by atoms with Gasteiger partial charge in [0.15, 0.2) is 23.1 Å². The van der Waals surface area contributed by atoms with Gasteiger partial charge in [0.2, 0.25) is 0 Å². The number of anilines is 1. The number of rotatable bonds is 4. The van der Waals surface area contributed by atoms with Crippen molar-refractivity contribution < 1.29 is 13.2 Å². The summed E-state index contributed by atoms with van der Waals surface area (Å²) < 4.78 is 42.7. The summed E-state index contributed by atoms with van der Waals surface area (Å²) in [5.41, 5.74) is 0.335. The molecule has 8 nitrogen and oxygen atoms in total. The Morgan fingerprint density at radius 1 is 1.06 bits per heavy atom. The van der Waals surface area contributed by atoms with Crippen LogP contribution in [0.3, 0.4) is 0 Å². The zero-order chi connectivity index (χ0) is 23.3. The van der Waals surface area contributed by atoms with Crippen LogP contribution in [0.1, 0.15) is 18.8 Å². The number of hydrogen-bond acceptors (Lipinski definition) is 6. The van der Waals surface area contributed by atoms with Crippen molar-refractivity contribution in [3.8, 4) is 5.69 Å². The fourth-order valence-corrected chi connectivity index (χ4v) is 3.77. The van der Waals surface area contributed by atoms with Gasteiger partial charge in [-0.1, -0.05) is 11.6 Å². The normalized spacial score (nSPS) is 12.4.